The minimum atomic E-state index is 0.129. The predicted octanol–water partition coefficient (Wildman–Crippen LogP) is 5.97. The molecule has 0 unspecified atom stereocenters. The van der Waals surface area contributed by atoms with Gasteiger partial charge in [0.15, 0.2) is 0 Å². The summed E-state index contributed by atoms with van der Waals surface area (Å²) in [5.74, 6) is 1.51. The van der Waals surface area contributed by atoms with Gasteiger partial charge in [0, 0.05) is 17.1 Å². The largest absolute Gasteiger partial charge is 0.506 e. The first-order chi connectivity index (χ1) is 16.0. The SMILES string of the molecule is COc1ccc(OC)c(-c2csc(=Nc3cccnc3)n2N=Cc2cc(Br)c(O)c(Br)c2)c1. The molecule has 4 aromatic rings. The molecule has 33 heavy (non-hydrogen) atoms. The Morgan fingerprint density at radius 3 is 2.55 bits per heavy atom. The predicted molar refractivity (Wildman–Crippen MR) is 137 cm³/mol. The van der Waals surface area contributed by atoms with Crippen LogP contribution in [0.15, 0.2) is 79.3 Å². The fourth-order valence-electron chi connectivity index (χ4n) is 3.00. The van der Waals surface area contributed by atoms with Gasteiger partial charge in [-0.25, -0.2) is 9.67 Å². The van der Waals surface area contributed by atoms with Crippen LogP contribution in [0.1, 0.15) is 5.56 Å². The van der Waals surface area contributed by atoms with E-state index in [9.17, 15) is 5.11 Å². The van der Waals surface area contributed by atoms with Crippen molar-refractivity contribution in [2.75, 3.05) is 14.2 Å². The van der Waals surface area contributed by atoms with Crippen LogP contribution in [0.2, 0.25) is 0 Å². The maximum absolute atomic E-state index is 10.0. The molecule has 0 saturated carbocycles. The minimum Gasteiger partial charge on any atom is -0.506 e. The van der Waals surface area contributed by atoms with Crippen LogP contribution in [0.25, 0.3) is 11.3 Å². The van der Waals surface area contributed by atoms with Gasteiger partial charge in [-0.2, -0.15) is 5.10 Å². The van der Waals surface area contributed by atoms with Gasteiger partial charge in [-0.3, -0.25) is 4.98 Å². The Bertz CT molecular complexity index is 1360. The summed E-state index contributed by atoms with van der Waals surface area (Å²) in [5, 5.41) is 16.7. The lowest BCUT2D eigenvalue weighted by molar-refractivity contribution is 0.404. The van der Waals surface area contributed by atoms with Crippen molar-refractivity contribution in [3.63, 3.8) is 0 Å². The number of pyridine rings is 1. The number of ether oxygens (including phenoxy) is 2. The normalized spacial score (nSPS) is 11.8. The van der Waals surface area contributed by atoms with Gasteiger partial charge < -0.3 is 14.6 Å². The molecule has 0 radical (unpaired) electrons. The summed E-state index contributed by atoms with van der Waals surface area (Å²) in [6, 6.07) is 12.9. The molecule has 7 nitrogen and oxygen atoms in total. The number of aromatic nitrogens is 2. The van der Waals surface area contributed by atoms with E-state index in [4.69, 9.17) is 19.6 Å². The molecule has 2 heterocycles. The number of hydrogen-bond acceptors (Lipinski definition) is 7. The molecular formula is C23H18Br2N4O3S. The second kappa shape index (κ2) is 10.3. The molecule has 10 heteroatoms. The molecule has 0 amide bonds. The van der Waals surface area contributed by atoms with Crippen molar-refractivity contribution in [2.24, 2.45) is 10.1 Å². The molecule has 168 valence electrons. The average molecular weight is 590 g/mol. The summed E-state index contributed by atoms with van der Waals surface area (Å²) in [6.07, 6.45) is 5.08. The maximum Gasteiger partial charge on any atom is 0.211 e. The Balaban J connectivity index is 1.90. The van der Waals surface area contributed by atoms with Crippen LogP contribution < -0.4 is 14.3 Å². The monoisotopic (exact) mass is 588 g/mol. The van der Waals surface area contributed by atoms with Gasteiger partial charge >= 0.3 is 0 Å². The molecular weight excluding hydrogens is 572 g/mol. The quantitative estimate of drug-likeness (QED) is 0.281. The Morgan fingerprint density at radius 1 is 1.09 bits per heavy atom. The summed E-state index contributed by atoms with van der Waals surface area (Å²) in [7, 11) is 3.24. The molecule has 0 bridgehead atoms. The molecule has 0 spiro atoms. The van der Waals surface area contributed by atoms with Gasteiger partial charge in [0.2, 0.25) is 4.80 Å². The fraction of sp³-hybridized carbons (Fsp3) is 0.0870. The minimum absolute atomic E-state index is 0.129. The highest BCUT2D eigenvalue weighted by molar-refractivity contribution is 9.11. The van der Waals surface area contributed by atoms with Crippen molar-refractivity contribution in [1.82, 2.24) is 9.66 Å². The molecule has 0 fully saturated rings. The lowest BCUT2D eigenvalue weighted by Crippen LogP contribution is -2.12. The van der Waals surface area contributed by atoms with Crippen molar-refractivity contribution in [2.45, 2.75) is 0 Å². The van der Waals surface area contributed by atoms with Crippen molar-refractivity contribution in [3.05, 3.63) is 79.5 Å². The van der Waals surface area contributed by atoms with Crippen LogP contribution in [0.3, 0.4) is 0 Å². The van der Waals surface area contributed by atoms with E-state index in [2.05, 4.69) is 36.8 Å². The van der Waals surface area contributed by atoms with Gasteiger partial charge in [-0.1, -0.05) is 0 Å². The van der Waals surface area contributed by atoms with E-state index in [-0.39, 0.29) is 5.75 Å². The lowest BCUT2D eigenvalue weighted by Gasteiger charge is -2.11. The Kier molecular flexibility index (Phi) is 7.26. The van der Waals surface area contributed by atoms with E-state index in [0.29, 0.717) is 30.9 Å². The zero-order chi connectivity index (χ0) is 23.4. The number of nitrogens with zero attached hydrogens (tertiary/aromatic N) is 4. The summed E-state index contributed by atoms with van der Waals surface area (Å²) < 4.78 is 13.9. The lowest BCUT2D eigenvalue weighted by atomic mass is 10.1. The summed E-state index contributed by atoms with van der Waals surface area (Å²) in [5.41, 5.74) is 3.08. The number of phenolic OH excluding ortho intramolecular Hbond substituents is 1. The number of hydrogen-bond donors (Lipinski definition) is 1. The standard InChI is InChI=1S/C23H18Br2N4O3S/c1-31-16-5-6-21(32-2)17(10-16)20-13-33-23(28-15-4-3-7-26-12-15)29(20)27-11-14-8-18(24)22(30)19(25)9-14/h3-13,30H,1-2H3. The zero-order valence-corrected chi connectivity index (χ0v) is 21.6. The number of phenols is 1. The summed E-state index contributed by atoms with van der Waals surface area (Å²) in [4.78, 5) is 9.51. The second-order valence-corrected chi connectivity index (χ2v) is 9.23. The first-order valence-corrected chi connectivity index (χ1v) is 12.1. The van der Waals surface area contributed by atoms with Crippen molar-refractivity contribution in [1.29, 1.82) is 0 Å². The number of rotatable bonds is 6. The fourth-order valence-corrected chi connectivity index (χ4v) is 5.07. The summed E-state index contributed by atoms with van der Waals surface area (Å²) >= 11 is 8.16. The van der Waals surface area contributed by atoms with Crippen LogP contribution in [-0.4, -0.2) is 35.2 Å². The Morgan fingerprint density at radius 2 is 1.88 bits per heavy atom. The van der Waals surface area contributed by atoms with Crippen LogP contribution in [0.5, 0.6) is 17.2 Å². The second-order valence-electron chi connectivity index (χ2n) is 6.68. The highest BCUT2D eigenvalue weighted by Gasteiger charge is 2.14. The Hall–Kier alpha value is -2.95. The van der Waals surface area contributed by atoms with Gasteiger partial charge in [-0.05, 0) is 79.9 Å². The molecule has 2 aromatic heterocycles. The average Bonchev–Trinajstić information content (AvgIpc) is 3.23. The molecule has 1 N–H and O–H groups in total. The van der Waals surface area contributed by atoms with E-state index < -0.39 is 0 Å². The van der Waals surface area contributed by atoms with Crippen molar-refractivity contribution in [3.8, 4) is 28.5 Å². The molecule has 4 rings (SSSR count). The third-order valence-electron chi connectivity index (χ3n) is 4.60. The van der Waals surface area contributed by atoms with Gasteiger partial charge in [0.1, 0.15) is 17.2 Å². The summed E-state index contributed by atoms with van der Waals surface area (Å²) in [6.45, 7) is 0. The smallest absolute Gasteiger partial charge is 0.211 e. The first kappa shape index (κ1) is 23.2. The molecule has 2 aromatic carbocycles. The first-order valence-electron chi connectivity index (χ1n) is 9.60. The number of halogens is 2. The van der Waals surface area contributed by atoms with E-state index in [1.807, 2.05) is 35.7 Å². The van der Waals surface area contributed by atoms with Gasteiger partial charge in [0.25, 0.3) is 0 Å². The number of benzene rings is 2. The van der Waals surface area contributed by atoms with Crippen molar-refractivity contribution < 1.29 is 14.6 Å². The number of thiazole rings is 1. The molecule has 0 saturated heterocycles. The highest BCUT2D eigenvalue weighted by Crippen LogP contribution is 2.35. The highest BCUT2D eigenvalue weighted by atomic mass is 79.9. The molecule has 0 aliphatic heterocycles. The van der Waals surface area contributed by atoms with E-state index in [1.165, 1.54) is 11.3 Å². The molecule has 0 atom stereocenters. The zero-order valence-electron chi connectivity index (χ0n) is 17.6. The van der Waals surface area contributed by atoms with Gasteiger partial charge in [0.05, 0.1) is 47.0 Å². The molecule has 0 aliphatic carbocycles. The van der Waals surface area contributed by atoms with Crippen LogP contribution in [0.4, 0.5) is 5.69 Å². The maximum atomic E-state index is 10.0. The van der Waals surface area contributed by atoms with Gasteiger partial charge in [-0.15, -0.1) is 11.3 Å². The molecule has 0 aliphatic rings. The number of methoxy groups -OCH3 is 2. The van der Waals surface area contributed by atoms with E-state index >= 15 is 0 Å². The number of aromatic hydroxyl groups is 1. The van der Waals surface area contributed by atoms with Crippen molar-refractivity contribution >= 4 is 55.1 Å². The third kappa shape index (κ3) is 5.18. The van der Waals surface area contributed by atoms with Crippen LogP contribution in [-0.2, 0) is 0 Å². The van der Waals surface area contributed by atoms with Crippen LogP contribution >= 0.6 is 43.2 Å². The van der Waals surface area contributed by atoms with E-state index in [1.54, 1.807) is 49.6 Å². The Labute approximate surface area is 211 Å². The van der Waals surface area contributed by atoms with E-state index in [0.717, 1.165) is 16.8 Å². The van der Waals surface area contributed by atoms with Crippen LogP contribution in [0, 0.1) is 0 Å². The topological polar surface area (TPSA) is 81.2 Å². The third-order valence-corrected chi connectivity index (χ3v) is 6.63.